The molecule has 104 valence electrons. The maximum atomic E-state index is 4.01. The van der Waals surface area contributed by atoms with Crippen LogP contribution in [0.3, 0.4) is 0 Å². The van der Waals surface area contributed by atoms with E-state index < -0.39 is 0 Å². The molecule has 6 nitrogen and oxygen atoms in total. The molecular formula is C15H14N6. The average Bonchev–Trinajstić information content (AvgIpc) is 3.20. The van der Waals surface area contributed by atoms with E-state index in [2.05, 4.69) is 43.8 Å². The number of nitrogens with zero attached hydrogens (tertiary/aromatic N) is 4. The lowest BCUT2D eigenvalue weighted by atomic mass is 10.1. The predicted molar refractivity (Wildman–Crippen MR) is 80.4 cm³/mol. The number of aromatic nitrogens is 6. The van der Waals surface area contributed by atoms with Crippen LogP contribution in [0.2, 0.25) is 0 Å². The van der Waals surface area contributed by atoms with Crippen LogP contribution in [0.25, 0.3) is 22.3 Å². The van der Waals surface area contributed by atoms with Crippen molar-refractivity contribution in [1.29, 1.82) is 0 Å². The molecule has 4 aromatic rings. The Labute approximate surface area is 121 Å². The minimum atomic E-state index is 0.896. The number of aryl methyl sites for hydroxylation is 1. The predicted octanol–water partition coefficient (Wildman–Crippen LogP) is 2.74. The minimum absolute atomic E-state index is 0.896. The van der Waals surface area contributed by atoms with Gasteiger partial charge in [-0.25, -0.2) is 0 Å². The zero-order valence-corrected chi connectivity index (χ0v) is 11.5. The smallest absolute Gasteiger partial charge is 0.113 e. The highest BCUT2D eigenvalue weighted by Crippen LogP contribution is 2.18. The van der Waals surface area contributed by atoms with Gasteiger partial charge >= 0.3 is 0 Å². The lowest BCUT2D eigenvalue weighted by Crippen LogP contribution is -1.81. The molecule has 2 N–H and O–H groups in total. The van der Waals surface area contributed by atoms with E-state index in [9.17, 15) is 0 Å². The summed E-state index contributed by atoms with van der Waals surface area (Å²) in [6.45, 7) is 2.06. The van der Waals surface area contributed by atoms with Gasteiger partial charge in [0.15, 0.2) is 0 Å². The summed E-state index contributed by atoms with van der Waals surface area (Å²) in [5.74, 6) is 0. The van der Waals surface area contributed by atoms with Crippen molar-refractivity contribution in [3.8, 4) is 11.3 Å². The van der Waals surface area contributed by atoms with Gasteiger partial charge in [-0.2, -0.15) is 30.8 Å². The topological polar surface area (TPSA) is 83.1 Å². The SMILES string of the molecule is Cc1ccccc1-c1cn[nH]n1.c1ccc2n[nH]nc2c1. The number of aromatic amines is 2. The number of benzene rings is 2. The van der Waals surface area contributed by atoms with Crippen molar-refractivity contribution in [3.05, 3.63) is 60.3 Å². The van der Waals surface area contributed by atoms with E-state index in [1.807, 2.05) is 42.5 Å². The fourth-order valence-corrected chi connectivity index (χ4v) is 1.98. The summed E-state index contributed by atoms with van der Waals surface area (Å²) in [6.07, 6.45) is 1.72. The largest absolute Gasteiger partial charge is 0.197 e. The van der Waals surface area contributed by atoms with Gasteiger partial charge in [0, 0.05) is 5.56 Å². The highest BCUT2D eigenvalue weighted by atomic mass is 15.3. The first-order valence-electron chi connectivity index (χ1n) is 6.52. The molecule has 0 saturated heterocycles. The molecule has 0 fully saturated rings. The van der Waals surface area contributed by atoms with Gasteiger partial charge in [-0.15, -0.1) is 0 Å². The quantitative estimate of drug-likeness (QED) is 0.561. The minimum Gasteiger partial charge on any atom is -0.197 e. The number of rotatable bonds is 1. The van der Waals surface area contributed by atoms with Gasteiger partial charge in [-0.05, 0) is 24.6 Å². The number of nitrogens with one attached hydrogen (secondary N) is 2. The van der Waals surface area contributed by atoms with Crippen LogP contribution in [-0.2, 0) is 0 Å². The van der Waals surface area contributed by atoms with E-state index in [4.69, 9.17) is 0 Å². The van der Waals surface area contributed by atoms with Crippen LogP contribution in [0.4, 0.5) is 0 Å². The lowest BCUT2D eigenvalue weighted by molar-refractivity contribution is 0.942. The van der Waals surface area contributed by atoms with E-state index in [0.29, 0.717) is 0 Å². The number of hydrogen-bond donors (Lipinski definition) is 2. The molecule has 0 atom stereocenters. The van der Waals surface area contributed by atoms with Crippen molar-refractivity contribution in [2.75, 3.05) is 0 Å². The molecule has 4 rings (SSSR count). The summed E-state index contributed by atoms with van der Waals surface area (Å²) in [7, 11) is 0. The van der Waals surface area contributed by atoms with Crippen LogP contribution < -0.4 is 0 Å². The third kappa shape index (κ3) is 2.94. The summed E-state index contributed by atoms with van der Waals surface area (Å²) < 4.78 is 0. The molecule has 6 heteroatoms. The van der Waals surface area contributed by atoms with E-state index >= 15 is 0 Å². The molecule has 0 saturated carbocycles. The summed E-state index contributed by atoms with van der Waals surface area (Å²) >= 11 is 0. The molecule has 2 aromatic carbocycles. The zero-order valence-electron chi connectivity index (χ0n) is 11.5. The van der Waals surface area contributed by atoms with Crippen molar-refractivity contribution in [2.45, 2.75) is 6.92 Å². The second-order valence-electron chi connectivity index (χ2n) is 4.48. The second kappa shape index (κ2) is 5.96. The summed E-state index contributed by atoms with van der Waals surface area (Å²) in [5, 5.41) is 20.7. The van der Waals surface area contributed by atoms with Gasteiger partial charge < -0.3 is 0 Å². The third-order valence-corrected chi connectivity index (χ3v) is 3.06. The Morgan fingerprint density at radius 3 is 2.05 bits per heavy atom. The Hall–Kier alpha value is -3.02. The molecule has 0 spiro atoms. The monoisotopic (exact) mass is 278 g/mol. The molecule has 0 aliphatic rings. The highest BCUT2D eigenvalue weighted by Gasteiger charge is 2.01. The van der Waals surface area contributed by atoms with Crippen LogP contribution in [-0.4, -0.2) is 30.8 Å². The first-order chi connectivity index (χ1) is 10.3. The normalized spacial score (nSPS) is 10.1. The summed E-state index contributed by atoms with van der Waals surface area (Å²) in [4.78, 5) is 0. The number of fused-ring (bicyclic) bond motifs is 1. The molecule has 21 heavy (non-hydrogen) atoms. The Morgan fingerprint density at radius 1 is 0.762 bits per heavy atom. The van der Waals surface area contributed by atoms with Crippen molar-refractivity contribution < 1.29 is 0 Å². The van der Waals surface area contributed by atoms with E-state index in [0.717, 1.165) is 22.3 Å². The maximum absolute atomic E-state index is 4.01. The van der Waals surface area contributed by atoms with Crippen molar-refractivity contribution in [3.63, 3.8) is 0 Å². The molecule has 0 amide bonds. The third-order valence-electron chi connectivity index (χ3n) is 3.06. The number of hydrogen-bond acceptors (Lipinski definition) is 4. The summed E-state index contributed by atoms with van der Waals surface area (Å²) in [5.41, 5.74) is 5.07. The van der Waals surface area contributed by atoms with Crippen LogP contribution >= 0.6 is 0 Å². The molecule has 0 aliphatic heterocycles. The van der Waals surface area contributed by atoms with Crippen LogP contribution in [0.15, 0.2) is 54.7 Å². The molecule has 0 bridgehead atoms. The Morgan fingerprint density at radius 2 is 1.43 bits per heavy atom. The lowest BCUT2D eigenvalue weighted by Gasteiger charge is -1.98. The van der Waals surface area contributed by atoms with E-state index in [-0.39, 0.29) is 0 Å². The van der Waals surface area contributed by atoms with Crippen molar-refractivity contribution in [2.24, 2.45) is 0 Å². The fourth-order valence-electron chi connectivity index (χ4n) is 1.98. The van der Waals surface area contributed by atoms with Crippen molar-refractivity contribution >= 4 is 11.0 Å². The molecule has 2 aromatic heterocycles. The second-order valence-corrected chi connectivity index (χ2v) is 4.48. The number of H-pyrrole nitrogens is 2. The van der Waals surface area contributed by atoms with E-state index in [1.54, 1.807) is 6.20 Å². The van der Waals surface area contributed by atoms with Crippen molar-refractivity contribution in [1.82, 2.24) is 30.8 Å². The highest BCUT2D eigenvalue weighted by molar-refractivity contribution is 5.72. The van der Waals surface area contributed by atoms with Crippen LogP contribution in [0.1, 0.15) is 5.56 Å². The molecular weight excluding hydrogens is 264 g/mol. The Kier molecular flexibility index (Phi) is 3.68. The Balaban J connectivity index is 0.000000131. The van der Waals surface area contributed by atoms with Gasteiger partial charge in [-0.3, -0.25) is 0 Å². The first-order valence-corrected chi connectivity index (χ1v) is 6.52. The number of para-hydroxylation sites is 2. The average molecular weight is 278 g/mol. The van der Waals surface area contributed by atoms with Crippen LogP contribution in [0, 0.1) is 6.92 Å². The van der Waals surface area contributed by atoms with Crippen LogP contribution in [0.5, 0.6) is 0 Å². The molecule has 0 radical (unpaired) electrons. The zero-order chi connectivity index (χ0) is 14.5. The molecule has 0 unspecified atom stereocenters. The first kappa shape index (κ1) is 13.0. The van der Waals surface area contributed by atoms with Gasteiger partial charge in [0.1, 0.15) is 16.7 Å². The van der Waals surface area contributed by atoms with Gasteiger partial charge in [0.25, 0.3) is 0 Å². The van der Waals surface area contributed by atoms with Gasteiger partial charge in [-0.1, -0.05) is 36.4 Å². The van der Waals surface area contributed by atoms with Gasteiger partial charge in [0.05, 0.1) is 6.20 Å². The Bertz CT molecular complexity index is 789. The molecule has 2 heterocycles. The molecule has 0 aliphatic carbocycles. The maximum Gasteiger partial charge on any atom is 0.113 e. The van der Waals surface area contributed by atoms with E-state index in [1.165, 1.54) is 5.56 Å². The summed E-state index contributed by atoms with van der Waals surface area (Å²) in [6, 6.07) is 15.8. The fraction of sp³-hybridized carbons (Fsp3) is 0.0667. The standard InChI is InChI=1S/C9H9N3.C6H5N3/c1-7-4-2-3-5-8(7)9-6-10-12-11-9;1-2-4-6-5(3-1)7-9-8-6/h2-6H,1H3,(H,10,11,12);1-4H,(H,7,8,9). The van der Waals surface area contributed by atoms with Gasteiger partial charge in [0.2, 0.25) is 0 Å².